The van der Waals surface area contributed by atoms with Gasteiger partial charge in [-0.1, -0.05) is 0 Å². The molecule has 2 aliphatic heterocycles. The number of likely N-dealkylation sites (tertiary alicyclic amines) is 1. The highest BCUT2D eigenvalue weighted by molar-refractivity contribution is 5.86. The van der Waals surface area contributed by atoms with Crippen molar-refractivity contribution in [2.45, 2.75) is 44.2 Å². The Morgan fingerprint density at radius 3 is 2.62 bits per heavy atom. The molecule has 2 rings (SSSR count). The number of aliphatic carboxylic acids is 1. The third-order valence-electron chi connectivity index (χ3n) is 3.28. The number of carboxylic acid groups (broad SMARTS) is 1. The van der Waals surface area contributed by atoms with Gasteiger partial charge < -0.3 is 14.7 Å². The third-order valence-corrected chi connectivity index (χ3v) is 3.28. The fraction of sp³-hybridized carbons (Fsp3) is 0.818. The van der Waals surface area contributed by atoms with Gasteiger partial charge in [-0.05, 0) is 32.1 Å². The first-order valence-electron chi connectivity index (χ1n) is 5.85. The molecule has 2 heterocycles. The zero-order chi connectivity index (χ0) is 11.5. The van der Waals surface area contributed by atoms with E-state index in [9.17, 15) is 9.59 Å². The maximum atomic E-state index is 12.1. The van der Waals surface area contributed by atoms with E-state index in [1.807, 2.05) is 0 Å². The monoisotopic (exact) mass is 227 g/mol. The number of carbonyl (C=O) groups excluding carboxylic acids is 1. The average molecular weight is 227 g/mol. The van der Waals surface area contributed by atoms with Crippen LogP contribution >= 0.6 is 0 Å². The summed E-state index contributed by atoms with van der Waals surface area (Å²) in [6.07, 6.45) is 3.55. The summed E-state index contributed by atoms with van der Waals surface area (Å²) in [5.41, 5.74) is 0. The Bertz CT molecular complexity index is 286. The molecule has 1 N–H and O–H groups in total. The lowest BCUT2D eigenvalue weighted by atomic mass is 10.0. The van der Waals surface area contributed by atoms with Gasteiger partial charge in [0.05, 0.1) is 0 Å². The summed E-state index contributed by atoms with van der Waals surface area (Å²) in [5, 5.41) is 9.07. The van der Waals surface area contributed by atoms with Gasteiger partial charge in [0.2, 0.25) is 0 Å². The normalized spacial score (nSPS) is 30.4. The van der Waals surface area contributed by atoms with Gasteiger partial charge in [-0.2, -0.15) is 0 Å². The number of piperidine rings is 1. The average Bonchev–Trinajstić information content (AvgIpc) is 2.81. The van der Waals surface area contributed by atoms with Crippen LogP contribution < -0.4 is 0 Å². The zero-order valence-corrected chi connectivity index (χ0v) is 9.22. The van der Waals surface area contributed by atoms with Crippen molar-refractivity contribution < 1.29 is 19.4 Å². The molecule has 2 atom stereocenters. The number of ether oxygens (including phenoxy) is 1. The third kappa shape index (κ3) is 2.19. The standard InChI is InChI=1S/C11H17NO4/c13-10(9-5-3-7-16-9)12-6-2-1-4-8(12)11(14)15/h8-9H,1-7H2,(H,14,15)/t8-,9?/m0/s1. The van der Waals surface area contributed by atoms with E-state index in [0.29, 0.717) is 19.6 Å². The molecule has 90 valence electrons. The first-order chi connectivity index (χ1) is 7.70. The molecule has 2 aliphatic rings. The van der Waals surface area contributed by atoms with Gasteiger partial charge in [0.25, 0.3) is 5.91 Å². The van der Waals surface area contributed by atoms with Crippen molar-refractivity contribution in [3.8, 4) is 0 Å². The number of hydrogen-bond donors (Lipinski definition) is 1. The zero-order valence-electron chi connectivity index (χ0n) is 9.22. The first-order valence-corrected chi connectivity index (χ1v) is 5.85. The highest BCUT2D eigenvalue weighted by Gasteiger charge is 2.36. The van der Waals surface area contributed by atoms with E-state index >= 15 is 0 Å². The Morgan fingerprint density at radius 2 is 2.00 bits per heavy atom. The van der Waals surface area contributed by atoms with Crippen molar-refractivity contribution in [1.82, 2.24) is 4.90 Å². The van der Waals surface area contributed by atoms with Gasteiger partial charge in [-0.15, -0.1) is 0 Å². The van der Waals surface area contributed by atoms with E-state index < -0.39 is 18.1 Å². The molecule has 0 aliphatic carbocycles. The van der Waals surface area contributed by atoms with Gasteiger partial charge >= 0.3 is 5.97 Å². The van der Waals surface area contributed by atoms with E-state index in [2.05, 4.69) is 0 Å². The summed E-state index contributed by atoms with van der Waals surface area (Å²) in [4.78, 5) is 24.6. The molecule has 0 spiro atoms. The maximum absolute atomic E-state index is 12.1. The van der Waals surface area contributed by atoms with E-state index in [-0.39, 0.29) is 5.91 Å². The van der Waals surface area contributed by atoms with Crippen molar-refractivity contribution in [2.24, 2.45) is 0 Å². The summed E-state index contributed by atoms with van der Waals surface area (Å²) in [5.74, 6) is -1.03. The van der Waals surface area contributed by atoms with E-state index in [0.717, 1.165) is 25.7 Å². The molecule has 0 saturated carbocycles. The fourth-order valence-electron chi connectivity index (χ4n) is 2.41. The van der Waals surface area contributed by atoms with Crippen molar-refractivity contribution in [3.63, 3.8) is 0 Å². The summed E-state index contributed by atoms with van der Waals surface area (Å²) < 4.78 is 5.31. The molecule has 0 aromatic rings. The molecule has 5 heteroatoms. The predicted octanol–water partition coefficient (Wildman–Crippen LogP) is 0.631. The number of hydrogen-bond acceptors (Lipinski definition) is 3. The fourth-order valence-corrected chi connectivity index (χ4v) is 2.41. The minimum absolute atomic E-state index is 0.135. The van der Waals surface area contributed by atoms with E-state index in [4.69, 9.17) is 9.84 Å². The quantitative estimate of drug-likeness (QED) is 0.751. The SMILES string of the molecule is O=C(O)[C@@H]1CCCCN1C(=O)C1CCCO1. The predicted molar refractivity (Wildman–Crippen MR) is 56.0 cm³/mol. The summed E-state index contributed by atoms with van der Waals surface area (Å²) in [6.45, 7) is 1.16. The van der Waals surface area contributed by atoms with Crippen molar-refractivity contribution in [3.05, 3.63) is 0 Å². The number of carboxylic acids is 1. The van der Waals surface area contributed by atoms with Crippen molar-refractivity contribution >= 4 is 11.9 Å². The van der Waals surface area contributed by atoms with Crippen LogP contribution in [-0.4, -0.2) is 47.2 Å². The number of carbonyl (C=O) groups is 2. The molecule has 2 saturated heterocycles. The van der Waals surface area contributed by atoms with Crippen LogP contribution in [0.4, 0.5) is 0 Å². The van der Waals surface area contributed by atoms with Crippen molar-refractivity contribution in [1.29, 1.82) is 0 Å². The molecule has 0 aromatic carbocycles. The molecule has 0 aromatic heterocycles. The van der Waals surface area contributed by atoms with Gasteiger partial charge in [0.15, 0.2) is 0 Å². The second-order valence-corrected chi connectivity index (χ2v) is 4.38. The van der Waals surface area contributed by atoms with E-state index in [1.165, 1.54) is 4.90 Å². The van der Waals surface area contributed by atoms with Crippen LogP contribution in [0.2, 0.25) is 0 Å². The lowest BCUT2D eigenvalue weighted by Gasteiger charge is -2.34. The minimum Gasteiger partial charge on any atom is -0.480 e. The first kappa shape index (κ1) is 11.4. The number of amides is 1. The van der Waals surface area contributed by atoms with Crippen LogP contribution in [0.25, 0.3) is 0 Å². The molecule has 2 fully saturated rings. The second-order valence-electron chi connectivity index (χ2n) is 4.38. The van der Waals surface area contributed by atoms with Crippen LogP contribution in [0, 0.1) is 0 Å². The Labute approximate surface area is 94.4 Å². The number of rotatable bonds is 2. The second kappa shape index (κ2) is 4.82. The molecular formula is C11H17NO4. The van der Waals surface area contributed by atoms with Gasteiger partial charge in [-0.3, -0.25) is 4.79 Å². The topological polar surface area (TPSA) is 66.8 Å². The lowest BCUT2D eigenvalue weighted by Crippen LogP contribution is -2.51. The highest BCUT2D eigenvalue weighted by Crippen LogP contribution is 2.22. The van der Waals surface area contributed by atoms with Gasteiger partial charge in [0.1, 0.15) is 12.1 Å². The molecule has 1 amide bonds. The molecule has 0 radical (unpaired) electrons. The summed E-state index contributed by atoms with van der Waals surface area (Å²) in [7, 11) is 0. The molecule has 5 nitrogen and oxygen atoms in total. The molecular weight excluding hydrogens is 210 g/mol. The Kier molecular flexibility index (Phi) is 3.43. The van der Waals surface area contributed by atoms with Crippen LogP contribution in [0.1, 0.15) is 32.1 Å². The Morgan fingerprint density at radius 1 is 1.19 bits per heavy atom. The maximum Gasteiger partial charge on any atom is 0.326 e. The smallest absolute Gasteiger partial charge is 0.326 e. The van der Waals surface area contributed by atoms with Crippen LogP contribution in [-0.2, 0) is 14.3 Å². The number of nitrogens with zero attached hydrogens (tertiary/aromatic N) is 1. The van der Waals surface area contributed by atoms with Crippen LogP contribution in [0.5, 0.6) is 0 Å². The van der Waals surface area contributed by atoms with E-state index in [1.54, 1.807) is 0 Å². The van der Waals surface area contributed by atoms with Crippen LogP contribution in [0.15, 0.2) is 0 Å². The Hall–Kier alpha value is -1.10. The summed E-state index contributed by atoms with van der Waals surface area (Å²) >= 11 is 0. The molecule has 16 heavy (non-hydrogen) atoms. The van der Waals surface area contributed by atoms with Crippen LogP contribution in [0.3, 0.4) is 0 Å². The Balaban J connectivity index is 2.04. The lowest BCUT2D eigenvalue weighted by molar-refractivity contribution is -0.156. The summed E-state index contributed by atoms with van der Waals surface area (Å²) in [6, 6.07) is -0.648. The molecule has 1 unspecified atom stereocenters. The largest absolute Gasteiger partial charge is 0.480 e. The van der Waals surface area contributed by atoms with Crippen molar-refractivity contribution in [2.75, 3.05) is 13.2 Å². The van der Waals surface area contributed by atoms with Gasteiger partial charge in [0, 0.05) is 13.2 Å². The highest BCUT2D eigenvalue weighted by atomic mass is 16.5. The molecule has 0 bridgehead atoms. The minimum atomic E-state index is -0.897. The van der Waals surface area contributed by atoms with Gasteiger partial charge in [-0.25, -0.2) is 4.79 Å².